The van der Waals surface area contributed by atoms with Crippen molar-refractivity contribution in [3.05, 3.63) is 70.0 Å². The first-order valence-corrected chi connectivity index (χ1v) is 7.06. The number of hydrogen-bond acceptors (Lipinski definition) is 1. The molecule has 110 valence electrons. The summed E-state index contributed by atoms with van der Waals surface area (Å²) in [5, 5.41) is 0.661. The molecule has 21 heavy (non-hydrogen) atoms. The van der Waals surface area contributed by atoms with Gasteiger partial charge in [-0.05, 0) is 55.3 Å². The lowest BCUT2D eigenvalue weighted by molar-refractivity contribution is 0.0742. The number of hydrogen-bond donors (Lipinski definition) is 0. The highest BCUT2D eigenvalue weighted by Gasteiger charge is 2.20. The summed E-state index contributed by atoms with van der Waals surface area (Å²) < 4.78 is 13.1. The van der Waals surface area contributed by atoms with Crippen molar-refractivity contribution in [2.45, 2.75) is 19.9 Å². The van der Waals surface area contributed by atoms with Crippen molar-refractivity contribution in [1.29, 1.82) is 0 Å². The van der Waals surface area contributed by atoms with Gasteiger partial charge in [-0.2, -0.15) is 0 Å². The van der Waals surface area contributed by atoms with Gasteiger partial charge in [-0.1, -0.05) is 23.7 Å². The highest BCUT2D eigenvalue weighted by Crippen LogP contribution is 2.23. The minimum atomic E-state index is -0.336. The molecule has 4 heteroatoms. The van der Waals surface area contributed by atoms with E-state index in [2.05, 4.69) is 0 Å². The summed E-state index contributed by atoms with van der Waals surface area (Å²) in [5.41, 5.74) is 2.14. The summed E-state index contributed by atoms with van der Waals surface area (Å²) in [6.45, 7) is 3.68. The van der Waals surface area contributed by atoms with Gasteiger partial charge in [0.25, 0.3) is 5.91 Å². The van der Waals surface area contributed by atoms with E-state index < -0.39 is 0 Å². The second-order valence-electron chi connectivity index (χ2n) is 5.10. The molecule has 0 aliphatic rings. The summed E-state index contributed by atoms with van der Waals surface area (Å²) in [7, 11) is 1.74. The molecule has 1 atom stereocenters. The zero-order valence-corrected chi connectivity index (χ0v) is 13.0. The number of carbonyl (C=O) groups excluding carboxylic acids is 1. The largest absolute Gasteiger partial charge is 0.335 e. The van der Waals surface area contributed by atoms with Crippen molar-refractivity contribution < 1.29 is 9.18 Å². The SMILES string of the molecule is Cc1cc(F)ccc1C(=O)N(C)C(C)c1ccc(Cl)cc1. The molecular formula is C17H17ClFNO. The highest BCUT2D eigenvalue weighted by atomic mass is 35.5. The fourth-order valence-electron chi connectivity index (χ4n) is 2.20. The van der Waals surface area contributed by atoms with E-state index in [4.69, 9.17) is 11.6 Å². The molecule has 0 radical (unpaired) electrons. The first kappa shape index (κ1) is 15.5. The Kier molecular flexibility index (Phi) is 4.63. The van der Waals surface area contributed by atoms with Crippen LogP contribution in [0.15, 0.2) is 42.5 Å². The molecule has 0 heterocycles. The van der Waals surface area contributed by atoms with E-state index in [0.29, 0.717) is 16.1 Å². The van der Waals surface area contributed by atoms with Crippen LogP contribution in [0, 0.1) is 12.7 Å². The van der Waals surface area contributed by atoms with Gasteiger partial charge in [0.2, 0.25) is 0 Å². The van der Waals surface area contributed by atoms with Crippen LogP contribution in [-0.4, -0.2) is 17.9 Å². The molecule has 0 N–H and O–H groups in total. The lowest BCUT2D eigenvalue weighted by atomic mass is 10.0. The number of nitrogens with zero attached hydrogens (tertiary/aromatic N) is 1. The maximum absolute atomic E-state index is 13.1. The molecule has 0 saturated carbocycles. The maximum atomic E-state index is 13.1. The summed E-state index contributed by atoms with van der Waals surface area (Å²) >= 11 is 5.87. The van der Waals surface area contributed by atoms with Gasteiger partial charge in [-0.15, -0.1) is 0 Å². The van der Waals surface area contributed by atoms with Crippen LogP contribution in [0.5, 0.6) is 0 Å². The second kappa shape index (κ2) is 6.27. The van der Waals surface area contributed by atoms with Crippen molar-refractivity contribution >= 4 is 17.5 Å². The Morgan fingerprint density at radius 3 is 2.38 bits per heavy atom. The second-order valence-corrected chi connectivity index (χ2v) is 5.54. The first-order chi connectivity index (χ1) is 9.90. The number of rotatable bonds is 3. The van der Waals surface area contributed by atoms with Crippen molar-refractivity contribution in [2.75, 3.05) is 7.05 Å². The highest BCUT2D eigenvalue weighted by molar-refractivity contribution is 6.30. The lowest BCUT2D eigenvalue weighted by Gasteiger charge is -2.26. The predicted molar refractivity (Wildman–Crippen MR) is 83.1 cm³/mol. The Morgan fingerprint density at radius 1 is 1.19 bits per heavy atom. The number of amides is 1. The van der Waals surface area contributed by atoms with Gasteiger partial charge in [0.05, 0.1) is 6.04 Å². The van der Waals surface area contributed by atoms with Gasteiger partial charge in [0.15, 0.2) is 0 Å². The Balaban J connectivity index is 2.24. The Labute approximate surface area is 129 Å². The first-order valence-electron chi connectivity index (χ1n) is 6.69. The summed E-state index contributed by atoms with van der Waals surface area (Å²) in [5.74, 6) is -0.465. The van der Waals surface area contributed by atoms with Gasteiger partial charge < -0.3 is 4.90 Å². The number of carbonyl (C=O) groups is 1. The maximum Gasteiger partial charge on any atom is 0.254 e. The van der Waals surface area contributed by atoms with E-state index in [1.165, 1.54) is 18.2 Å². The summed E-state index contributed by atoms with van der Waals surface area (Å²) in [4.78, 5) is 14.2. The van der Waals surface area contributed by atoms with Crippen molar-refractivity contribution in [3.8, 4) is 0 Å². The normalized spacial score (nSPS) is 12.0. The van der Waals surface area contributed by atoms with Gasteiger partial charge in [-0.3, -0.25) is 4.79 Å². The molecule has 2 aromatic carbocycles. The van der Waals surface area contributed by atoms with Gasteiger partial charge >= 0.3 is 0 Å². The monoisotopic (exact) mass is 305 g/mol. The predicted octanol–water partition coefficient (Wildman–Crippen LogP) is 4.62. The molecule has 0 aliphatic heterocycles. The zero-order chi connectivity index (χ0) is 15.6. The van der Waals surface area contributed by atoms with Crippen molar-refractivity contribution in [2.24, 2.45) is 0 Å². The molecule has 0 bridgehead atoms. The van der Waals surface area contributed by atoms with Crippen LogP contribution in [0.2, 0.25) is 5.02 Å². The molecule has 0 saturated heterocycles. The molecule has 0 fully saturated rings. The van der Waals surface area contributed by atoms with E-state index in [1.807, 2.05) is 19.1 Å². The average molecular weight is 306 g/mol. The molecule has 0 spiro atoms. The molecular weight excluding hydrogens is 289 g/mol. The number of aryl methyl sites for hydroxylation is 1. The number of benzene rings is 2. The average Bonchev–Trinajstić information content (AvgIpc) is 2.46. The smallest absolute Gasteiger partial charge is 0.254 e. The van der Waals surface area contributed by atoms with Crippen LogP contribution < -0.4 is 0 Å². The summed E-state index contributed by atoms with van der Waals surface area (Å²) in [6.07, 6.45) is 0. The van der Waals surface area contributed by atoms with E-state index in [1.54, 1.807) is 31.0 Å². The molecule has 2 aromatic rings. The topological polar surface area (TPSA) is 20.3 Å². The Bertz CT molecular complexity index is 654. The summed E-state index contributed by atoms with van der Waals surface area (Å²) in [6, 6.07) is 11.5. The van der Waals surface area contributed by atoms with Crippen LogP contribution in [0.4, 0.5) is 4.39 Å². The third kappa shape index (κ3) is 3.42. The van der Waals surface area contributed by atoms with E-state index in [-0.39, 0.29) is 17.8 Å². The van der Waals surface area contributed by atoms with Gasteiger partial charge in [0.1, 0.15) is 5.82 Å². The minimum Gasteiger partial charge on any atom is -0.335 e. The van der Waals surface area contributed by atoms with Crippen LogP contribution in [0.25, 0.3) is 0 Å². The molecule has 0 aromatic heterocycles. The van der Waals surface area contributed by atoms with Gasteiger partial charge in [-0.25, -0.2) is 4.39 Å². The fourth-order valence-corrected chi connectivity index (χ4v) is 2.32. The van der Waals surface area contributed by atoms with Crippen molar-refractivity contribution in [1.82, 2.24) is 4.90 Å². The molecule has 0 aliphatic carbocycles. The minimum absolute atomic E-state index is 0.0979. The fraction of sp³-hybridized carbons (Fsp3) is 0.235. The van der Waals surface area contributed by atoms with Crippen LogP contribution in [-0.2, 0) is 0 Å². The number of halogens is 2. The van der Waals surface area contributed by atoms with E-state index in [0.717, 1.165) is 5.56 Å². The zero-order valence-electron chi connectivity index (χ0n) is 12.2. The van der Waals surface area contributed by atoms with Crippen LogP contribution in [0.1, 0.15) is 34.5 Å². The quantitative estimate of drug-likeness (QED) is 0.810. The standard InChI is InChI=1S/C17H17ClFNO/c1-11-10-15(19)8-9-16(11)17(21)20(3)12(2)13-4-6-14(18)7-5-13/h4-10,12H,1-3H3. The molecule has 1 unspecified atom stereocenters. The van der Waals surface area contributed by atoms with E-state index in [9.17, 15) is 9.18 Å². The Hall–Kier alpha value is -1.87. The Morgan fingerprint density at radius 2 is 1.81 bits per heavy atom. The van der Waals surface area contributed by atoms with Crippen molar-refractivity contribution in [3.63, 3.8) is 0 Å². The third-order valence-electron chi connectivity index (χ3n) is 3.67. The molecule has 1 amide bonds. The molecule has 2 nitrogen and oxygen atoms in total. The third-order valence-corrected chi connectivity index (χ3v) is 3.92. The van der Waals surface area contributed by atoms with E-state index >= 15 is 0 Å². The lowest BCUT2D eigenvalue weighted by Crippen LogP contribution is -2.30. The van der Waals surface area contributed by atoms with Gasteiger partial charge in [0, 0.05) is 17.6 Å². The van der Waals surface area contributed by atoms with Crippen LogP contribution in [0.3, 0.4) is 0 Å². The molecule has 2 rings (SSSR count). The van der Waals surface area contributed by atoms with Crippen LogP contribution >= 0.6 is 11.6 Å².